The first kappa shape index (κ1) is 10.2. The van der Waals surface area contributed by atoms with Crippen LogP contribution in [0.4, 0.5) is 4.39 Å². The number of ether oxygens (including phenoxy) is 1. The van der Waals surface area contributed by atoms with Gasteiger partial charge in [-0.2, -0.15) is 0 Å². The Kier molecular flexibility index (Phi) is 3.06. The Bertz CT molecular complexity index is 453. The minimum Gasteiger partial charge on any atom is -0.486 e. The predicted molar refractivity (Wildman–Crippen MR) is 57.1 cm³/mol. The molecule has 0 fully saturated rings. The van der Waals surface area contributed by atoms with Gasteiger partial charge in [0.15, 0.2) is 16.2 Å². The Balaban J connectivity index is 2.02. The predicted octanol–water partition coefficient (Wildman–Crippen LogP) is 3.76. The van der Waals surface area contributed by atoms with E-state index in [1.807, 2.05) is 0 Å². The quantitative estimate of drug-likeness (QED) is 0.848. The summed E-state index contributed by atoms with van der Waals surface area (Å²) in [5.74, 6) is -0.116. The zero-order valence-corrected chi connectivity index (χ0v) is 9.33. The van der Waals surface area contributed by atoms with Gasteiger partial charge in [-0.3, -0.25) is 0 Å². The van der Waals surface area contributed by atoms with Crippen LogP contribution in [-0.4, -0.2) is 0 Å². The van der Waals surface area contributed by atoms with Crippen LogP contribution in [0, 0.1) is 5.82 Å². The molecule has 0 unspecified atom stereocenters. The molecule has 2 nitrogen and oxygen atoms in total. The van der Waals surface area contributed by atoms with Gasteiger partial charge in [-0.05, 0) is 34.1 Å². The molecule has 2 aromatic rings. The van der Waals surface area contributed by atoms with Gasteiger partial charge in [0.05, 0.1) is 6.26 Å². The first-order chi connectivity index (χ1) is 7.25. The van der Waals surface area contributed by atoms with E-state index in [2.05, 4.69) is 15.9 Å². The van der Waals surface area contributed by atoms with Gasteiger partial charge in [-0.15, -0.1) is 0 Å². The van der Waals surface area contributed by atoms with Crippen LogP contribution in [0.2, 0.25) is 0 Å². The molecule has 0 saturated heterocycles. The Morgan fingerprint density at radius 2 is 2.13 bits per heavy atom. The van der Waals surface area contributed by atoms with E-state index >= 15 is 0 Å². The molecule has 0 saturated carbocycles. The number of benzene rings is 1. The first-order valence-electron chi connectivity index (χ1n) is 4.36. The van der Waals surface area contributed by atoms with Crippen molar-refractivity contribution in [2.24, 2.45) is 0 Å². The lowest BCUT2D eigenvalue weighted by atomic mass is 10.3. The monoisotopic (exact) mass is 270 g/mol. The lowest BCUT2D eigenvalue weighted by Gasteiger charge is -2.04. The molecule has 0 aliphatic carbocycles. The smallest absolute Gasteiger partial charge is 0.169 e. The van der Waals surface area contributed by atoms with Gasteiger partial charge in [0.1, 0.15) is 6.61 Å². The average molecular weight is 271 g/mol. The molecular weight excluding hydrogens is 263 g/mol. The maximum absolute atomic E-state index is 13.1. The molecule has 4 heteroatoms. The molecular formula is C11H8BrFO2. The van der Waals surface area contributed by atoms with Gasteiger partial charge in [0.25, 0.3) is 0 Å². The Hall–Kier alpha value is -1.29. The Labute approximate surface area is 94.8 Å². The third kappa shape index (κ3) is 2.59. The topological polar surface area (TPSA) is 22.4 Å². The standard InChI is InChI=1S/C11H8BrFO2/c12-11-5-8(7-15-11)6-14-10-4-2-1-3-9(10)13/h1-5,7H,6H2. The third-order valence-corrected chi connectivity index (χ3v) is 2.27. The second kappa shape index (κ2) is 4.49. The van der Waals surface area contributed by atoms with Crippen LogP contribution in [0.5, 0.6) is 5.75 Å². The van der Waals surface area contributed by atoms with Crippen molar-refractivity contribution in [2.45, 2.75) is 6.61 Å². The second-order valence-electron chi connectivity index (χ2n) is 2.98. The minimum atomic E-state index is -0.361. The van der Waals surface area contributed by atoms with Crippen LogP contribution in [0.1, 0.15) is 5.56 Å². The number of hydrogen-bond donors (Lipinski definition) is 0. The van der Waals surface area contributed by atoms with Crippen molar-refractivity contribution in [3.05, 3.63) is 52.6 Å². The summed E-state index contributed by atoms with van der Waals surface area (Å²) >= 11 is 3.18. The second-order valence-corrected chi connectivity index (χ2v) is 3.76. The number of rotatable bonds is 3. The normalized spacial score (nSPS) is 10.3. The maximum atomic E-state index is 13.1. The van der Waals surface area contributed by atoms with E-state index in [0.29, 0.717) is 4.67 Å². The fraction of sp³-hybridized carbons (Fsp3) is 0.0909. The lowest BCUT2D eigenvalue weighted by Crippen LogP contribution is -1.95. The van der Waals surface area contributed by atoms with Gasteiger partial charge in [0, 0.05) is 5.56 Å². The summed E-state index contributed by atoms with van der Waals surface area (Å²) in [5, 5.41) is 0. The van der Waals surface area contributed by atoms with Crippen molar-refractivity contribution >= 4 is 15.9 Å². The average Bonchev–Trinajstić information content (AvgIpc) is 2.63. The summed E-state index contributed by atoms with van der Waals surface area (Å²) < 4.78 is 24.1. The fourth-order valence-corrected chi connectivity index (χ4v) is 1.53. The Morgan fingerprint density at radius 3 is 2.80 bits per heavy atom. The van der Waals surface area contributed by atoms with Gasteiger partial charge >= 0.3 is 0 Å². The molecule has 0 aliphatic heterocycles. The van der Waals surface area contributed by atoms with Crippen molar-refractivity contribution in [3.8, 4) is 5.75 Å². The Morgan fingerprint density at radius 1 is 1.33 bits per heavy atom. The van der Waals surface area contributed by atoms with Crippen LogP contribution in [-0.2, 0) is 6.61 Å². The van der Waals surface area contributed by atoms with Crippen LogP contribution in [0.25, 0.3) is 0 Å². The molecule has 0 N–H and O–H groups in total. The largest absolute Gasteiger partial charge is 0.486 e. The summed E-state index contributed by atoms with van der Waals surface area (Å²) in [6.07, 6.45) is 1.56. The molecule has 1 aromatic heterocycles. The van der Waals surface area contributed by atoms with Crippen LogP contribution in [0.3, 0.4) is 0 Å². The summed E-state index contributed by atoms with van der Waals surface area (Å²) in [7, 11) is 0. The van der Waals surface area contributed by atoms with Gasteiger partial charge in [-0.25, -0.2) is 4.39 Å². The van der Waals surface area contributed by atoms with E-state index < -0.39 is 0 Å². The van der Waals surface area contributed by atoms with Gasteiger partial charge in [-0.1, -0.05) is 12.1 Å². The summed E-state index contributed by atoms with van der Waals surface area (Å²) in [6.45, 7) is 0.288. The van der Waals surface area contributed by atoms with E-state index in [4.69, 9.17) is 9.15 Å². The van der Waals surface area contributed by atoms with Crippen molar-refractivity contribution in [2.75, 3.05) is 0 Å². The van der Waals surface area contributed by atoms with Crippen LogP contribution in [0.15, 0.2) is 45.7 Å². The van der Waals surface area contributed by atoms with E-state index in [1.165, 1.54) is 6.07 Å². The van der Waals surface area contributed by atoms with Crippen molar-refractivity contribution < 1.29 is 13.5 Å². The molecule has 1 aromatic carbocycles. The maximum Gasteiger partial charge on any atom is 0.169 e. The molecule has 0 amide bonds. The van der Waals surface area contributed by atoms with Crippen molar-refractivity contribution in [3.63, 3.8) is 0 Å². The van der Waals surface area contributed by atoms with E-state index in [-0.39, 0.29) is 18.2 Å². The molecule has 0 bridgehead atoms. The van der Waals surface area contributed by atoms with E-state index in [1.54, 1.807) is 30.5 Å². The first-order valence-corrected chi connectivity index (χ1v) is 5.15. The number of hydrogen-bond acceptors (Lipinski definition) is 2. The summed E-state index contributed by atoms with van der Waals surface area (Å²) in [4.78, 5) is 0. The molecule has 15 heavy (non-hydrogen) atoms. The van der Waals surface area contributed by atoms with Crippen molar-refractivity contribution in [1.29, 1.82) is 0 Å². The van der Waals surface area contributed by atoms with Gasteiger partial charge < -0.3 is 9.15 Å². The SMILES string of the molecule is Fc1ccccc1OCc1coc(Br)c1. The molecule has 0 radical (unpaired) electrons. The van der Waals surface area contributed by atoms with E-state index in [9.17, 15) is 4.39 Å². The summed E-state index contributed by atoms with van der Waals surface area (Å²) in [5.41, 5.74) is 0.852. The highest BCUT2D eigenvalue weighted by molar-refractivity contribution is 9.10. The van der Waals surface area contributed by atoms with Crippen molar-refractivity contribution in [1.82, 2.24) is 0 Å². The van der Waals surface area contributed by atoms with Gasteiger partial charge in [0.2, 0.25) is 0 Å². The number of halogens is 2. The molecule has 78 valence electrons. The third-order valence-electron chi connectivity index (χ3n) is 1.85. The number of para-hydroxylation sites is 1. The van der Waals surface area contributed by atoms with Crippen LogP contribution >= 0.6 is 15.9 Å². The van der Waals surface area contributed by atoms with Crippen LogP contribution < -0.4 is 4.74 Å². The molecule has 2 rings (SSSR count). The zero-order valence-electron chi connectivity index (χ0n) is 7.74. The zero-order chi connectivity index (χ0) is 10.7. The molecule has 0 atom stereocenters. The highest BCUT2D eigenvalue weighted by Crippen LogP contribution is 2.19. The summed E-state index contributed by atoms with van der Waals surface area (Å²) in [6, 6.07) is 8.08. The molecule has 0 spiro atoms. The lowest BCUT2D eigenvalue weighted by molar-refractivity contribution is 0.289. The minimum absolute atomic E-state index is 0.245. The number of furan rings is 1. The highest BCUT2D eigenvalue weighted by atomic mass is 79.9. The highest BCUT2D eigenvalue weighted by Gasteiger charge is 2.03. The van der Waals surface area contributed by atoms with E-state index in [0.717, 1.165) is 5.56 Å². The molecule has 0 aliphatic rings. The molecule has 1 heterocycles. The fourth-order valence-electron chi connectivity index (χ4n) is 1.14.